The molecule has 0 aliphatic carbocycles. The Morgan fingerprint density at radius 3 is 2.78 bits per heavy atom. The van der Waals surface area contributed by atoms with Crippen LogP contribution in [0.3, 0.4) is 0 Å². The Morgan fingerprint density at radius 2 is 2.11 bits per heavy atom. The Morgan fingerprint density at radius 1 is 1.39 bits per heavy atom. The molecule has 102 valence electrons. The Labute approximate surface area is 110 Å². The number of piperidine rings is 1. The number of aryl methyl sites for hydroxylation is 2. The number of aromatic nitrogens is 2. The van der Waals surface area contributed by atoms with Gasteiger partial charge in [0.1, 0.15) is 0 Å². The monoisotopic (exact) mass is 250 g/mol. The lowest BCUT2D eigenvalue weighted by atomic mass is 10.1. The molecular weight excluding hydrogens is 224 g/mol. The first kappa shape index (κ1) is 13.4. The molecular formula is C14H26N4. The molecule has 0 saturated carbocycles. The molecule has 4 nitrogen and oxygen atoms in total. The lowest BCUT2D eigenvalue weighted by Crippen LogP contribution is -2.37. The zero-order valence-electron chi connectivity index (χ0n) is 11.9. The lowest BCUT2D eigenvalue weighted by molar-refractivity contribution is 0.263. The highest BCUT2D eigenvalue weighted by molar-refractivity contribution is 5.30. The maximum Gasteiger partial charge on any atom is 0.203 e. The number of hydrogen-bond acceptors (Lipinski definition) is 3. The molecule has 4 heteroatoms. The van der Waals surface area contributed by atoms with Crippen LogP contribution in [-0.4, -0.2) is 40.6 Å². The van der Waals surface area contributed by atoms with Gasteiger partial charge in [0.15, 0.2) is 0 Å². The third-order valence-corrected chi connectivity index (χ3v) is 3.70. The second-order valence-corrected chi connectivity index (χ2v) is 5.47. The van der Waals surface area contributed by atoms with Crippen molar-refractivity contribution < 1.29 is 0 Å². The summed E-state index contributed by atoms with van der Waals surface area (Å²) >= 11 is 0. The molecule has 1 saturated heterocycles. The van der Waals surface area contributed by atoms with E-state index in [2.05, 4.69) is 46.9 Å². The summed E-state index contributed by atoms with van der Waals surface area (Å²) in [7, 11) is 2.20. The van der Waals surface area contributed by atoms with Gasteiger partial charge in [0, 0.05) is 18.8 Å². The van der Waals surface area contributed by atoms with Gasteiger partial charge < -0.3 is 14.8 Å². The van der Waals surface area contributed by atoms with Crippen molar-refractivity contribution in [1.82, 2.24) is 14.5 Å². The van der Waals surface area contributed by atoms with Crippen LogP contribution in [0.4, 0.5) is 5.95 Å². The van der Waals surface area contributed by atoms with Crippen LogP contribution in [-0.2, 0) is 6.54 Å². The Balaban J connectivity index is 1.95. The van der Waals surface area contributed by atoms with Crippen molar-refractivity contribution in [3.05, 3.63) is 11.9 Å². The molecule has 0 amide bonds. The molecule has 0 atom stereocenters. The predicted molar refractivity (Wildman–Crippen MR) is 76.0 cm³/mol. The Hall–Kier alpha value is -1.03. The fourth-order valence-electron chi connectivity index (χ4n) is 2.50. The van der Waals surface area contributed by atoms with E-state index in [9.17, 15) is 0 Å². The zero-order chi connectivity index (χ0) is 13.0. The molecule has 1 aliphatic heterocycles. The normalized spacial score (nSPS) is 18.2. The SMILES string of the molecule is CCCCn1cc(C)nc1NC1CCN(C)CC1. The van der Waals surface area contributed by atoms with Gasteiger partial charge in [-0.05, 0) is 46.3 Å². The first-order valence-corrected chi connectivity index (χ1v) is 7.18. The van der Waals surface area contributed by atoms with Crippen molar-refractivity contribution in [2.75, 3.05) is 25.5 Å². The summed E-state index contributed by atoms with van der Waals surface area (Å²) in [6, 6.07) is 0.586. The highest BCUT2D eigenvalue weighted by Gasteiger charge is 2.18. The average molecular weight is 250 g/mol. The summed E-state index contributed by atoms with van der Waals surface area (Å²) in [4.78, 5) is 7.01. The minimum atomic E-state index is 0.586. The van der Waals surface area contributed by atoms with Crippen LogP contribution in [0.5, 0.6) is 0 Å². The third kappa shape index (κ3) is 3.48. The van der Waals surface area contributed by atoms with E-state index in [1.54, 1.807) is 0 Å². The molecule has 0 unspecified atom stereocenters. The van der Waals surface area contributed by atoms with Crippen molar-refractivity contribution in [3.8, 4) is 0 Å². The van der Waals surface area contributed by atoms with Crippen molar-refractivity contribution in [2.45, 2.75) is 52.1 Å². The van der Waals surface area contributed by atoms with Gasteiger partial charge in [-0.25, -0.2) is 4.98 Å². The average Bonchev–Trinajstić information content (AvgIpc) is 2.70. The first-order valence-electron chi connectivity index (χ1n) is 7.18. The van der Waals surface area contributed by atoms with Crippen LogP contribution in [0.2, 0.25) is 0 Å². The predicted octanol–water partition coefficient (Wildman–Crippen LogP) is 2.50. The number of anilines is 1. The summed E-state index contributed by atoms with van der Waals surface area (Å²) in [6.07, 6.45) is 7.04. The van der Waals surface area contributed by atoms with Gasteiger partial charge >= 0.3 is 0 Å². The first-order chi connectivity index (χ1) is 8.69. The summed E-state index contributed by atoms with van der Waals surface area (Å²) in [6.45, 7) is 7.75. The molecule has 0 spiro atoms. The highest BCUT2D eigenvalue weighted by Crippen LogP contribution is 2.16. The number of unbranched alkanes of at least 4 members (excludes halogenated alkanes) is 1. The fraction of sp³-hybridized carbons (Fsp3) is 0.786. The molecule has 1 aliphatic rings. The van der Waals surface area contributed by atoms with E-state index in [-0.39, 0.29) is 0 Å². The molecule has 2 rings (SSSR count). The molecule has 1 aromatic rings. The number of imidazole rings is 1. The van der Waals surface area contributed by atoms with Crippen LogP contribution in [0.25, 0.3) is 0 Å². The van der Waals surface area contributed by atoms with E-state index in [4.69, 9.17) is 0 Å². The maximum atomic E-state index is 4.61. The molecule has 1 fully saturated rings. The second kappa shape index (κ2) is 6.23. The quantitative estimate of drug-likeness (QED) is 0.871. The van der Waals surface area contributed by atoms with Gasteiger partial charge in [-0.1, -0.05) is 13.3 Å². The number of nitrogens with one attached hydrogen (secondary N) is 1. The van der Waals surface area contributed by atoms with Crippen LogP contribution >= 0.6 is 0 Å². The minimum Gasteiger partial charge on any atom is -0.353 e. The van der Waals surface area contributed by atoms with E-state index in [0.717, 1.165) is 18.2 Å². The van der Waals surface area contributed by atoms with Gasteiger partial charge in [0.25, 0.3) is 0 Å². The van der Waals surface area contributed by atoms with Crippen molar-refractivity contribution in [3.63, 3.8) is 0 Å². The summed E-state index contributed by atoms with van der Waals surface area (Å²) in [5.41, 5.74) is 1.11. The lowest BCUT2D eigenvalue weighted by Gasteiger charge is -2.29. The van der Waals surface area contributed by atoms with E-state index in [1.165, 1.54) is 38.8 Å². The van der Waals surface area contributed by atoms with Gasteiger partial charge in [0.05, 0.1) is 5.69 Å². The van der Waals surface area contributed by atoms with Gasteiger partial charge in [-0.2, -0.15) is 0 Å². The van der Waals surface area contributed by atoms with E-state index < -0.39 is 0 Å². The number of likely N-dealkylation sites (tertiary alicyclic amines) is 1. The van der Waals surface area contributed by atoms with Crippen molar-refractivity contribution in [1.29, 1.82) is 0 Å². The van der Waals surface area contributed by atoms with Crippen molar-refractivity contribution >= 4 is 5.95 Å². The van der Waals surface area contributed by atoms with Crippen LogP contribution in [0, 0.1) is 6.92 Å². The maximum absolute atomic E-state index is 4.61. The van der Waals surface area contributed by atoms with Crippen LogP contribution in [0.15, 0.2) is 6.20 Å². The Bertz CT molecular complexity index is 364. The smallest absolute Gasteiger partial charge is 0.203 e. The standard InChI is InChI=1S/C14H26N4/c1-4-5-8-18-11-12(2)15-14(18)16-13-6-9-17(3)10-7-13/h11,13H,4-10H2,1-3H3,(H,15,16). The van der Waals surface area contributed by atoms with Gasteiger partial charge in [0.2, 0.25) is 5.95 Å². The Kier molecular flexibility index (Phi) is 4.64. The molecule has 0 radical (unpaired) electrons. The zero-order valence-corrected chi connectivity index (χ0v) is 11.9. The minimum absolute atomic E-state index is 0.586. The topological polar surface area (TPSA) is 33.1 Å². The number of hydrogen-bond donors (Lipinski definition) is 1. The molecule has 18 heavy (non-hydrogen) atoms. The summed E-state index contributed by atoms with van der Waals surface area (Å²) < 4.78 is 2.27. The van der Waals surface area contributed by atoms with Crippen LogP contribution in [0.1, 0.15) is 38.3 Å². The van der Waals surface area contributed by atoms with E-state index in [0.29, 0.717) is 6.04 Å². The molecule has 1 aromatic heterocycles. The summed E-state index contributed by atoms with van der Waals surface area (Å²) in [5, 5.41) is 3.62. The molecule has 2 heterocycles. The van der Waals surface area contributed by atoms with Gasteiger partial charge in [-0.15, -0.1) is 0 Å². The number of rotatable bonds is 5. The molecule has 0 aromatic carbocycles. The van der Waals surface area contributed by atoms with Gasteiger partial charge in [-0.3, -0.25) is 0 Å². The highest BCUT2D eigenvalue weighted by atomic mass is 15.2. The fourth-order valence-corrected chi connectivity index (χ4v) is 2.50. The molecule has 1 N–H and O–H groups in total. The van der Waals surface area contributed by atoms with Crippen LogP contribution < -0.4 is 5.32 Å². The second-order valence-electron chi connectivity index (χ2n) is 5.47. The largest absolute Gasteiger partial charge is 0.353 e. The summed E-state index contributed by atoms with van der Waals surface area (Å²) in [5.74, 6) is 1.07. The van der Waals surface area contributed by atoms with Crippen molar-refractivity contribution in [2.24, 2.45) is 0 Å². The third-order valence-electron chi connectivity index (χ3n) is 3.70. The van der Waals surface area contributed by atoms with E-state index in [1.807, 2.05) is 0 Å². The number of nitrogens with zero attached hydrogens (tertiary/aromatic N) is 3. The molecule has 0 bridgehead atoms. The van der Waals surface area contributed by atoms with E-state index >= 15 is 0 Å².